The Balaban J connectivity index is 1.68. The van der Waals surface area contributed by atoms with E-state index in [-0.39, 0.29) is 5.91 Å². The number of hydrogen-bond donors (Lipinski definition) is 1. The van der Waals surface area contributed by atoms with Gasteiger partial charge in [0.25, 0.3) is 5.91 Å². The van der Waals surface area contributed by atoms with Crippen LogP contribution in [0, 0.1) is 13.8 Å². The minimum atomic E-state index is -0.0867. The minimum Gasteiger partial charge on any atom is -0.298 e. The Morgan fingerprint density at radius 2 is 1.96 bits per heavy atom. The van der Waals surface area contributed by atoms with E-state index >= 15 is 0 Å². The van der Waals surface area contributed by atoms with E-state index in [1.807, 2.05) is 38.2 Å². The molecule has 2 aromatic heterocycles. The number of carbonyl (C=O) groups excluding carboxylic acids is 1. The molecule has 3 rings (SSSR count). The van der Waals surface area contributed by atoms with Crippen molar-refractivity contribution in [3.63, 3.8) is 0 Å². The number of thiazole rings is 1. The highest BCUT2D eigenvalue weighted by Gasteiger charge is 2.14. The van der Waals surface area contributed by atoms with Crippen molar-refractivity contribution in [3.8, 4) is 0 Å². The normalized spacial score (nSPS) is 10.7. The molecule has 0 saturated carbocycles. The lowest BCUT2D eigenvalue weighted by atomic mass is 10.1. The van der Waals surface area contributed by atoms with Crippen molar-refractivity contribution in [2.45, 2.75) is 20.3 Å². The zero-order valence-corrected chi connectivity index (χ0v) is 15.9. The van der Waals surface area contributed by atoms with Crippen LogP contribution in [0.15, 0.2) is 41.0 Å². The molecule has 0 aliphatic carbocycles. The number of thiophene rings is 1. The molecule has 2 heterocycles. The van der Waals surface area contributed by atoms with Gasteiger partial charge in [-0.05, 0) is 37.6 Å². The van der Waals surface area contributed by atoms with Crippen molar-refractivity contribution in [2.24, 2.45) is 0 Å². The Kier molecular flexibility index (Phi) is 4.94. The summed E-state index contributed by atoms with van der Waals surface area (Å²) in [6.07, 6.45) is 2.64. The van der Waals surface area contributed by atoms with Gasteiger partial charge >= 0.3 is 0 Å². The standard InChI is InChI=1S/C17H15BrN2OS2/c1-10-7-15(11(2)22-10)16(21)20-17-19-9-14(23-17)8-12-3-5-13(18)6-4-12/h3-7,9H,8H2,1-2H3,(H,19,20,21). The second-order valence-electron chi connectivity index (χ2n) is 5.22. The van der Waals surface area contributed by atoms with Crippen molar-refractivity contribution in [3.05, 3.63) is 66.8 Å². The Morgan fingerprint density at radius 1 is 1.22 bits per heavy atom. The number of nitrogens with zero attached hydrogens (tertiary/aromatic N) is 1. The molecule has 3 nitrogen and oxygen atoms in total. The van der Waals surface area contributed by atoms with Crippen LogP contribution >= 0.6 is 38.6 Å². The van der Waals surface area contributed by atoms with Gasteiger partial charge in [-0.15, -0.1) is 22.7 Å². The summed E-state index contributed by atoms with van der Waals surface area (Å²) >= 11 is 6.59. The van der Waals surface area contributed by atoms with E-state index in [9.17, 15) is 4.79 Å². The summed E-state index contributed by atoms with van der Waals surface area (Å²) in [6, 6.07) is 10.1. The number of nitrogens with one attached hydrogen (secondary N) is 1. The number of aryl methyl sites for hydroxylation is 2. The first-order valence-electron chi connectivity index (χ1n) is 7.09. The van der Waals surface area contributed by atoms with E-state index in [4.69, 9.17) is 0 Å². The molecule has 0 spiro atoms. The number of halogens is 1. The van der Waals surface area contributed by atoms with Gasteiger partial charge in [0.15, 0.2) is 5.13 Å². The van der Waals surface area contributed by atoms with Gasteiger partial charge in [-0.25, -0.2) is 4.98 Å². The van der Waals surface area contributed by atoms with Gasteiger partial charge in [0.05, 0.1) is 5.56 Å². The third kappa shape index (κ3) is 4.07. The van der Waals surface area contributed by atoms with Gasteiger partial charge in [0.1, 0.15) is 0 Å². The average Bonchev–Trinajstić information content (AvgIpc) is 3.07. The molecular weight excluding hydrogens is 392 g/mol. The number of rotatable bonds is 4. The van der Waals surface area contributed by atoms with Gasteiger partial charge in [-0.3, -0.25) is 10.1 Å². The molecule has 0 atom stereocenters. The fourth-order valence-corrected chi connectivity index (χ4v) is 4.30. The van der Waals surface area contributed by atoms with Gasteiger partial charge in [0.2, 0.25) is 0 Å². The first-order chi connectivity index (χ1) is 11.0. The average molecular weight is 407 g/mol. The summed E-state index contributed by atoms with van der Waals surface area (Å²) in [5, 5.41) is 3.54. The Morgan fingerprint density at radius 3 is 2.61 bits per heavy atom. The number of hydrogen-bond acceptors (Lipinski definition) is 4. The van der Waals surface area contributed by atoms with E-state index in [0.29, 0.717) is 5.13 Å². The van der Waals surface area contributed by atoms with Gasteiger partial charge < -0.3 is 0 Å². The van der Waals surface area contributed by atoms with E-state index < -0.39 is 0 Å². The van der Waals surface area contributed by atoms with E-state index in [1.54, 1.807) is 11.3 Å². The molecule has 0 unspecified atom stereocenters. The lowest BCUT2D eigenvalue weighted by Crippen LogP contribution is -2.11. The Hall–Kier alpha value is -1.50. The molecule has 0 radical (unpaired) electrons. The van der Waals surface area contributed by atoms with Crippen molar-refractivity contribution >= 4 is 49.6 Å². The second-order valence-corrected chi connectivity index (χ2v) is 8.71. The summed E-state index contributed by atoms with van der Waals surface area (Å²) in [5.41, 5.74) is 1.95. The molecule has 23 heavy (non-hydrogen) atoms. The Labute approximate surface area is 151 Å². The molecule has 6 heteroatoms. The second kappa shape index (κ2) is 6.95. The predicted octanol–water partition coefficient (Wildman–Crippen LogP) is 5.43. The zero-order valence-electron chi connectivity index (χ0n) is 12.7. The van der Waals surface area contributed by atoms with Gasteiger partial charge in [-0.2, -0.15) is 0 Å². The molecule has 0 saturated heterocycles. The molecule has 1 amide bonds. The fraction of sp³-hybridized carbons (Fsp3) is 0.176. The maximum absolute atomic E-state index is 12.3. The maximum Gasteiger partial charge on any atom is 0.258 e. The summed E-state index contributed by atoms with van der Waals surface area (Å²) < 4.78 is 1.07. The van der Waals surface area contributed by atoms with E-state index in [1.165, 1.54) is 16.9 Å². The number of carbonyl (C=O) groups is 1. The topological polar surface area (TPSA) is 42.0 Å². The zero-order chi connectivity index (χ0) is 16.4. The smallest absolute Gasteiger partial charge is 0.258 e. The SMILES string of the molecule is Cc1cc(C(=O)Nc2ncc(Cc3ccc(Br)cc3)s2)c(C)s1. The third-order valence-electron chi connectivity index (χ3n) is 3.35. The molecule has 118 valence electrons. The maximum atomic E-state index is 12.3. The number of aromatic nitrogens is 1. The largest absolute Gasteiger partial charge is 0.298 e. The van der Waals surface area contributed by atoms with Gasteiger partial charge in [0, 0.05) is 31.7 Å². The van der Waals surface area contributed by atoms with Crippen LogP contribution in [0.5, 0.6) is 0 Å². The molecular formula is C17H15BrN2OS2. The molecule has 0 fully saturated rings. The van der Waals surface area contributed by atoms with Crippen molar-refractivity contribution in [1.82, 2.24) is 4.98 Å². The van der Waals surface area contributed by atoms with Crippen LogP contribution in [-0.2, 0) is 6.42 Å². The van der Waals surface area contributed by atoms with Crippen molar-refractivity contribution < 1.29 is 4.79 Å². The van der Waals surface area contributed by atoms with Crippen LogP contribution in [0.4, 0.5) is 5.13 Å². The monoisotopic (exact) mass is 406 g/mol. The van der Waals surface area contributed by atoms with E-state index in [2.05, 4.69) is 38.4 Å². The van der Waals surface area contributed by atoms with Crippen LogP contribution in [0.3, 0.4) is 0 Å². The lowest BCUT2D eigenvalue weighted by Gasteiger charge is -2.00. The molecule has 0 bridgehead atoms. The van der Waals surface area contributed by atoms with Crippen LogP contribution in [0.1, 0.15) is 30.6 Å². The van der Waals surface area contributed by atoms with Crippen molar-refractivity contribution in [1.29, 1.82) is 0 Å². The minimum absolute atomic E-state index is 0.0867. The molecule has 0 aliphatic heterocycles. The number of anilines is 1. The van der Waals surface area contributed by atoms with E-state index in [0.717, 1.165) is 31.1 Å². The number of amides is 1. The first-order valence-corrected chi connectivity index (χ1v) is 9.51. The summed E-state index contributed by atoms with van der Waals surface area (Å²) in [6.45, 7) is 3.97. The highest BCUT2D eigenvalue weighted by molar-refractivity contribution is 9.10. The molecule has 3 aromatic rings. The summed E-state index contributed by atoms with van der Waals surface area (Å²) in [7, 11) is 0. The van der Waals surface area contributed by atoms with Crippen LogP contribution in [-0.4, -0.2) is 10.9 Å². The lowest BCUT2D eigenvalue weighted by molar-refractivity contribution is 0.102. The van der Waals surface area contributed by atoms with Crippen molar-refractivity contribution in [2.75, 3.05) is 5.32 Å². The summed E-state index contributed by atoms with van der Waals surface area (Å²) in [4.78, 5) is 19.9. The molecule has 1 aromatic carbocycles. The summed E-state index contributed by atoms with van der Waals surface area (Å²) in [5.74, 6) is -0.0867. The van der Waals surface area contributed by atoms with Gasteiger partial charge in [-0.1, -0.05) is 28.1 Å². The van der Waals surface area contributed by atoms with Crippen LogP contribution in [0.2, 0.25) is 0 Å². The van der Waals surface area contributed by atoms with Crippen LogP contribution in [0.25, 0.3) is 0 Å². The third-order valence-corrected chi connectivity index (χ3v) is 5.76. The van der Waals surface area contributed by atoms with Crippen LogP contribution < -0.4 is 5.32 Å². The highest BCUT2D eigenvalue weighted by atomic mass is 79.9. The quantitative estimate of drug-likeness (QED) is 0.627. The number of benzene rings is 1. The first kappa shape index (κ1) is 16.4. The molecule has 1 N–H and O–H groups in total. The Bertz CT molecular complexity index is 837. The molecule has 0 aliphatic rings. The predicted molar refractivity (Wildman–Crippen MR) is 101 cm³/mol. The fourth-order valence-electron chi connectivity index (χ4n) is 2.27. The highest BCUT2D eigenvalue weighted by Crippen LogP contribution is 2.25.